The predicted octanol–water partition coefficient (Wildman–Crippen LogP) is 7.77. The molecule has 0 aliphatic carbocycles. The Morgan fingerprint density at radius 1 is 0.645 bits per heavy atom. The van der Waals surface area contributed by atoms with Gasteiger partial charge in [0.05, 0.1) is 5.52 Å². The molecule has 0 atom stereocenters. The fourth-order valence-electron chi connectivity index (χ4n) is 5.04. The largest absolute Gasteiger partial charge is 0.299 e. The summed E-state index contributed by atoms with van der Waals surface area (Å²) in [5.74, 6) is 0. The minimum absolute atomic E-state index is 0.960. The molecule has 0 aliphatic heterocycles. The first-order chi connectivity index (χ1) is 15.4. The van der Waals surface area contributed by atoms with Crippen molar-refractivity contribution in [1.29, 1.82) is 0 Å². The molecule has 5 heterocycles. The van der Waals surface area contributed by atoms with Gasteiger partial charge in [0.2, 0.25) is 0 Å². The van der Waals surface area contributed by atoms with Crippen LogP contribution in [-0.4, -0.2) is 14.4 Å². The maximum absolute atomic E-state index is 4.62. The van der Waals surface area contributed by atoms with Crippen LogP contribution in [0, 0.1) is 0 Å². The lowest BCUT2D eigenvalue weighted by molar-refractivity contribution is 1.27. The molecule has 0 unspecified atom stereocenters. The van der Waals surface area contributed by atoms with E-state index in [0.29, 0.717) is 0 Å². The third kappa shape index (κ3) is 1.98. The van der Waals surface area contributed by atoms with Crippen molar-refractivity contribution in [3.8, 4) is 0 Å². The molecule has 0 saturated carbocycles. The van der Waals surface area contributed by atoms with E-state index in [1.165, 1.54) is 56.6 Å². The Hall–Kier alpha value is -3.54. The highest BCUT2D eigenvalue weighted by Gasteiger charge is 2.17. The van der Waals surface area contributed by atoms with Gasteiger partial charge in [0.15, 0.2) is 0 Å². The summed E-state index contributed by atoms with van der Waals surface area (Å²) in [6, 6.07) is 20.1. The van der Waals surface area contributed by atoms with Crippen LogP contribution in [0.15, 0.2) is 79.4 Å². The van der Waals surface area contributed by atoms with Crippen molar-refractivity contribution in [3.05, 3.63) is 79.4 Å². The maximum atomic E-state index is 4.62. The van der Waals surface area contributed by atoms with Gasteiger partial charge in [-0.25, -0.2) is 4.98 Å². The summed E-state index contributed by atoms with van der Waals surface area (Å²) in [7, 11) is 0. The normalized spacial score (nSPS) is 12.5. The zero-order chi connectivity index (χ0) is 20.1. The van der Waals surface area contributed by atoms with Crippen LogP contribution in [0.5, 0.6) is 0 Å². The second-order valence-corrected chi connectivity index (χ2v) is 10.1. The van der Waals surface area contributed by atoms with Gasteiger partial charge in [0.25, 0.3) is 0 Å². The first-order valence-corrected chi connectivity index (χ1v) is 11.8. The summed E-state index contributed by atoms with van der Waals surface area (Å²) in [6.07, 6.45) is 7.75. The standard InChI is InChI=1S/C26H13N3S2/c1-2-4-20-14(3-1)16-11-23-17(12-22(16)30-20)25-21(31-23)6-5-19-24(25)15-7-8-27-13-18(15)26-28-9-10-29(19)26/h1-13H. The number of benzene rings is 3. The van der Waals surface area contributed by atoms with E-state index >= 15 is 0 Å². The number of nitrogens with zero attached hydrogens (tertiary/aromatic N) is 3. The van der Waals surface area contributed by atoms with Crippen molar-refractivity contribution in [2.75, 3.05) is 0 Å². The molecule has 0 fully saturated rings. The zero-order valence-corrected chi connectivity index (χ0v) is 17.8. The Morgan fingerprint density at radius 2 is 1.52 bits per heavy atom. The van der Waals surface area contributed by atoms with E-state index in [0.717, 1.165) is 11.0 Å². The topological polar surface area (TPSA) is 30.2 Å². The molecule has 0 amide bonds. The van der Waals surface area contributed by atoms with Crippen molar-refractivity contribution in [1.82, 2.24) is 14.4 Å². The molecule has 31 heavy (non-hydrogen) atoms. The smallest absolute Gasteiger partial charge is 0.146 e. The first-order valence-electron chi connectivity index (χ1n) is 10.2. The summed E-state index contributed by atoms with van der Waals surface area (Å²) < 4.78 is 7.55. The Bertz CT molecular complexity index is 2010. The number of aromatic nitrogens is 3. The lowest BCUT2D eigenvalue weighted by atomic mass is 10.0. The highest BCUT2D eigenvalue weighted by molar-refractivity contribution is 7.27. The lowest BCUT2D eigenvalue weighted by Crippen LogP contribution is -1.91. The van der Waals surface area contributed by atoms with Crippen LogP contribution in [0.2, 0.25) is 0 Å². The summed E-state index contributed by atoms with van der Waals surface area (Å²) in [5, 5.41) is 8.97. The van der Waals surface area contributed by atoms with E-state index in [1.54, 1.807) is 0 Å². The lowest BCUT2D eigenvalue weighted by Gasteiger charge is -2.09. The Morgan fingerprint density at radius 3 is 2.52 bits per heavy atom. The average Bonchev–Trinajstić information content (AvgIpc) is 3.52. The quantitative estimate of drug-likeness (QED) is 0.230. The molecule has 0 saturated heterocycles. The molecule has 3 aromatic carbocycles. The number of hydrogen-bond donors (Lipinski definition) is 0. The van der Waals surface area contributed by atoms with Crippen LogP contribution in [0.4, 0.5) is 0 Å². The minimum Gasteiger partial charge on any atom is -0.299 e. The molecular weight excluding hydrogens is 418 g/mol. The van der Waals surface area contributed by atoms with E-state index < -0.39 is 0 Å². The molecule has 0 radical (unpaired) electrons. The Balaban J connectivity index is 1.67. The van der Waals surface area contributed by atoms with Gasteiger partial charge in [-0.1, -0.05) is 18.2 Å². The number of rotatable bonds is 0. The molecule has 0 N–H and O–H groups in total. The SMILES string of the molecule is c1ccc2c(c1)sc1cc3c(cc12)sc1ccc2c(c4ccncc4c4nccn24)c13. The van der Waals surface area contributed by atoms with E-state index in [1.807, 2.05) is 41.3 Å². The molecule has 144 valence electrons. The summed E-state index contributed by atoms with van der Waals surface area (Å²) in [6.45, 7) is 0. The molecule has 8 rings (SSSR count). The van der Waals surface area contributed by atoms with Gasteiger partial charge in [0, 0.05) is 75.9 Å². The van der Waals surface area contributed by atoms with Crippen molar-refractivity contribution in [2.45, 2.75) is 0 Å². The Kier molecular flexibility index (Phi) is 2.91. The van der Waals surface area contributed by atoms with Gasteiger partial charge in [-0.05, 0) is 41.8 Å². The van der Waals surface area contributed by atoms with Crippen LogP contribution in [-0.2, 0) is 0 Å². The van der Waals surface area contributed by atoms with Gasteiger partial charge in [-0.2, -0.15) is 0 Å². The van der Waals surface area contributed by atoms with Crippen LogP contribution in [0.1, 0.15) is 0 Å². The number of fused-ring (bicyclic) bond motifs is 13. The third-order valence-corrected chi connectivity index (χ3v) is 8.60. The van der Waals surface area contributed by atoms with E-state index in [9.17, 15) is 0 Å². The minimum atomic E-state index is 0.960. The molecular formula is C26H13N3S2. The van der Waals surface area contributed by atoms with Gasteiger partial charge in [-0.15, -0.1) is 22.7 Å². The highest BCUT2D eigenvalue weighted by Crippen LogP contribution is 2.45. The van der Waals surface area contributed by atoms with Crippen LogP contribution < -0.4 is 0 Å². The third-order valence-electron chi connectivity index (χ3n) is 6.34. The molecule has 5 aromatic heterocycles. The van der Waals surface area contributed by atoms with Crippen molar-refractivity contribution in [3.63, 3.8) is 0 Å². The fourth-order valence-corrected chi connectivity index (χ4v) is 7.30. The number of imidazole rings is 1. The molecule has 0 aliphatic rings. The first kappa shape index (κ1) is 16.2. The van der Waals surface area contributed by atoms with E-state index in [4.69, 9.17) is 0 Å². The zero-order valence-electron chi connectivity index (χ0n) is 16.2. The average molecular weight is 432 g/mol. The molecule has 8 aromatic rings. The maximum Gasteiger partial charge on any atom is 0.146 e. The van der Waals surface area contributed by atoms with Crippen molar-refractivity contribution >= 4 is 90.3 Å². The monoisotopic (exact) mass is 431 g/mol. The van der Waals surface area contributed by atoms with Gasteiger partial charge in [-0.3, -0.25) is 9.38 Å². The van der Waals surface area contributed by atoms with Gasteiger partial charge >= 0.3 is 0 Å². The van der Waals surface area contributed by atoms with Crippen LogP contribution in [0.25, 0.3) is 67.7 Å². The van der Waals surface area contributed by atoms with Crippen molar-refractivity contribution in [2.24, 2.45) is 0 Å². The predicted molar refractivity (Wildman–Crippen MR) is 134 cm³/mol. The summed E-state index contributed by atoms with van der Waals surface area (Å²) >= 11 is 3.76. The van der Waals surface area contributed by atoms with E-state index in [-0.39, 0.29) is 0 Å². The molecule has 3 nitrogen and oxygen atoms in total. The van der Waals surface area contributed by atoms with Gasteiger partial charge < -0.3 is 0 Å². The Labute approximate surface area is 183 Å². The van der Waals surface area contributed by atoms with Crippen LogP contribution >= 0.6 is 22.7 Å². The second kappa shape index (κ2) is 5.58. The van der Waals surface area contributed by atoms with Crippen LogP contribution in [0.3, 0.4) is 0 Å². The van der Waals surface area contributed by atoms with E-state index in [2.05, 4.69) is 75.2 Å². The summed E-state index contributed by atoms with van der Waals surface area (Å²) in [5.41, 5.74) is 2.15. The van der Waals surface area contributed by atoms with Gasteiger partial charge in [0.1, 0.15) is 5.65 Å². The molecule has 0 bridgehead atoms. The number of pyridine rings is 2. The number of thiophene rings is 2. The molecule has 5 heteroatoms. The fraction of sp³-hybridized carbons (Fsp3) is 0. The summed E-state index contributed by atoms with van der Waals surface area (Å²) in [4.78, 5) is 9.02. The highest BCUT2D eigenvalue weighted by atomic mass is 32.1. The van der Waals surface area contributed by atoms with Crippen molar-refractivity contribution < 1.29 is 0 Å². The number of hydrogen-bond acceptors (Lipinski definition) is 4. The second-order valence-electron chi connectivity index (χ2n) is 7.92. The molecule has 0 spiro atoms.